The van der Waals surface area contributed by atoms with E-state index in [0.717, 1.165) is 12.3 Å². The molecule has 4 nitrogen and oxygen atoms in total. The average Bonchev–Trinajstić information content (AvgIpc) is 2.46. The monoisotopic (exact) mass is 208 g/mol. The standard InChI is InChI=1S/C11H20N4/c1-10(2)7-4-5-11(10,3)8(6-7)14-15-9(12)13/h7H,4-6H2,1-3H3,(H4,12,13,15)/b14-8+. The van der Waals surface area contributed by atoms with Crippen LogP contribution in [0.5, 0.6) is 0 Å². The number of nitrogens with two attached hydrogens (primary N) is 2. The van der Waals surface area contributed by atoms with Crippen LogP contribution in [0.3, 0.4) is 0 Å². The minimum atomic E-state index is 0.0479. The van der Waals surface area contributed by atoms with Gasteiger partial charge in [0.25, 0.3) is 0 Å². The van der Waals surface area contributed by atoms with Gasteiger partial charge < -0.3 is 11.5 Å². The van der Waals surface area contributed by atoms with Gasteiger partial charge in [-0.15, -0.1) is 5.10 Å². The quantitative estimate of drug-likeness (QED) is 0.389. The summed E-state index contributed by atoms with van der Waals surface area (Å²) in [5, 5.41) is 8.02. The van der Waals surface area contributed by atoms with Gasteiger partial charge in [0, 0.05) is 11.1 Å². The third-order valence-electron chi connectivity index (χ3n) is 4.80. The Hall–Kier alpha value is -1.06. The van der Waals surface area contributed by atoms with Gasteiger partial charge in [-0.25, -0.2) is 0 Å². The van der Waals surface area contributed by atoms with E-state index in [2.05, 4.69) is 31.0 Å². The summed E-state index contributed by atoms with van der Waals surface area (Å²) in [6.07, 6.45) is 3.58. The van der Waals surface area contributed by atoms with E-state index in [-0.39, 0.29) is 11.4 Å². The third-order valence-corrected chi connectivity index (χ3v) is 4.80. The minimum Gasteiger partial charge on any atom is -0.369 e. The molecule has 0 saturated heterocycles. The van der Waals surface area contributed by atoms with Crippen LogP contribution in [0.1, 0.15) is 40.0 Å². The molecule has 2 fully saturated rings. The summed E-state index contributed by atoms with van der Waals surface area (Å²) in [5.74, 6) is 0.794. The van der Waals surface area contributed by atoms with Gasteiger partial charge in [0.15, 0.2) is 0 Å². The van der Waals surface area contributed by atoms with Gasteiger partial charge in [0.05, 0.1) is 0 Å². The fourth-order valence-corrected chi connectivity index (χ4v) is 3.20. The van der Waals surface area contributed by atoms with E-state index in [9.17, 15) is 0 Å². The Balaban J connectivity index is 2.34. The zero-order valence-corrected chi connectivity index (χ0v) is 9.75. The Bertz CT molecular complexity index is 338. The molecule has 0 heterocycles. The van der Waals surface area contributed by atoms with Gasteiger partial charge in [-0.05, 0) is 30.6 Å². The lowest BCUT2D eigenvalue weighted by Gasteiger charge is -2.34. The predicted octanol–water partition coefficient (Wildman–Crippen LogP) is 1.46. The van der Waals surface area contributed by atoms with E-state index >= 15 is 0 Å². The van der Waals surface area contributed by atoms with E-state index in [0.29, 0.717) is 5.41 Å². The molecule has 0 aromatic rings. The summed E-state index contributed by atoms with van der Waals surface area (Å²) in [7, 11) is 0. The molecule has 0 aromatic carbocycles. The maximum atomic E-state index is 5.30. The molecule has 0 spiro atoms. The number of nitrogens with zero attached hydrogens (tertiary/aromatic N) is 2. The molecule has 15 heavy (non-hydrogen) atoms. The summed E-state index contributed by atoms with van der Waals surface area (Å²) in [5.41, 5.74) is 12.3. The lowest BCUT2D eigenvalue weighted by Crippen LogP contribution is -2.32. The molecule has 2 rings (SSSR count). The van der Waals surface area contributed by atoms with Crippen molar-refractivity contribution in [3.05, 3.63) is 0 Å². The number of fused-ring (bicyclic) bond motifs is 2. The highest BCUT2D eigenvalue weighted by atomic mass is 15.3. The average molecular weight is 208 g/mol. The number of hydrogen-bond acceptors (Lipinski definition) is 2. The summed E-state index contributed by atoms with van der Waals surface area (Å²) in [4.78, 5) is 0. The van der Waals surface area contributed by atoms with Crippen molar-refractivity contribution in [3.63, 3.8) is 0 Å². The molecule has 0 aliphatic heterocycles. The van der Waals surface area contributed by atoms with Crippen LogP contribution in [-0.2, 0) is 0 Å². The van der Waals surface area contributed by atoms with Gasteiger partial charge in [0.2, 0.25) is 5.96 Å². The zero-order valence-electron chi connectivity index (χ0n) is 9.75. The Morgan fingerprint density at radius 1 is 1.33 bits per heavy atom. The first kappa shape index (κ1) is 10.5. The summed E-state index contributed by atoms with van der Waals surface area (Å²) < 4.78 is 0. The topological polar surface area (TPSA) is 76.8 Å². The molecule has 2 bridgehead atoms. The van der Waals surface area contributed by atoms with Crippen molar-refractivity contribution in [1.82, 2.24) is 0 Å². The second-order valence-corrected chi connectivity index (χ2v) is 5.57. The van der Waals surface area contributed by atoms with Crippen LogP contribution in [0.2, 0.25) is 0 Å². The van der Waals surface area contributed by atoms with Crippen LogP contribution in [0.4, 0.5) is 0 Å². The van der Waals surface area contributed by atoms with Crippen LogP contribution in [0.25, 0.3) is 0 Å². The second-order valence-electron chi connectivity index (χ2n) is 5.57. The van der Waals surface area contributed by atoms with Crippen LogP contribution < -0.4 is 11.5 Å². The van der Waals surface area contributed by atoms with Crippen LogP contribution in [0.15, 0.2) is 10.2 Å². The van der Waals surface area contributed by atoms with Crippen LogP contribution in [-0.4, -0.2) is 11.7 Å². The third kappa shape index (κ3) is 1.27. The Kier molecular flexibility index (Phi) is 2.07. The Labute approximate surface area is 90.8 Å². The Morgan fingerprint density at radius 2 is 2.00 bits per heavy atom. The lowest BCUT2D eigenvalue weighted by atomic mass is 9.70. The number of hydrogen-bond donors (Lipinski definition) is 2. The molecule has 2 aliphatic rings. The zero-order chi connectivity index (χ0) is 11.3. The van der Waals surface area contributed by atoms with Crippen molar-refractivity contribution in [3.8, 4) is 0 Å². The van der Waals surface area contributed by atoms with E-state index in [4.69, 9.17) is 11.5 Å². The van der Waals surface area contributed by atoms with E-state index in [1.165, 1.54) is 18.6 Å². The predicted molar refractivity (Wildman–Crippen MR) is 62.5 cm³/mol. The molecular weight excluding hydrogens is 188 g/mol. The number of rotatable bonds is 1. The van der Waals surface area contributed by atoms with Crippen molar-refractivity contribution in [2.45, 2.75) is 40.0 Å². The summed E-state index contributed by atoms with van der Waals surface area (Å²) in [6.45, 7) is 6.96. The first-order chi connectivity index (χ1) is 6.88. The number of guanidine groups is 1. The van der Waals surface area contributed by atoms with Crippen LogP contribution in [0, 0.1) is 16.7 Å². The van der Waals surface area contributed by atoms with E-state index < -0.39 is 0 Å². The molecule has 2 unspecified atom stereocenters. The van der Waals surface area contributed by atoms with Crippen molar-refractivity contribution < 1.29 is 0 Å². The molecule has 0 radical (unpaired) electrons. The molecule has 0 aromatic heterocycles. The molecule has 2 atom stereocenters. The molecule has 2 aliphatic carbocycles. The maximum Gasteiger partial charge on any atom is 0.211 e. The first-order valence-corrected chi connectivity index (χ1v) is 5.54. The van der Waals surface area contributed by atoms with Crippen molar-refractivity contribution in [1.29, 1.82) is 0 Å². The fourth-order valence-electron chi connectivity index (χ4n) is 3.20. The first-order valence-electron chi connectivity index (χ1n) is 5.54. The molecule has 2 saturated carbocycles. The highest BCUT2D eigenvalue weighted by Crippen LogP contribution is 2.63. The molecular formula is C11H20N4. The Morgan fingerprint density at radius 3 is 2.40 bits per heavy atom. The normalized spacial score (nSPS) is 39.7. The molecule has 4 N–H and O–H groups in total. The van der Waals surface area contributed by atoms with Crippen molar-refractivity contribution >= 4 is 11.7 Å². The minimum absolute atomic E-state index is 0.0479. The highest BCUT2D eigenvalue weighted by Gasteiger charge is 2.59. The van der Waals surface area contributed by atoms with Crippen LogP contribution >= 0.6 is 0 Å². The van der Waals surface area contributed by atoms with Crippen molar-refractivity contribution in [2.24, 2.45) is 38.4 Å². The lowest BCUT2D eigenvalue weighted by molar-refractivity contribution is 0.194. The fraction of sp³-hybridized carbons (Fsp3) is 0.818. The highest BCUT2D eigenvalue weighted by molar-refractivity contribution is 5.94. The van der Waals surface area contributed by atoms with Gasteiger partial charge in [0.1, 0.15) is 0 Å². The summed E-state index contributed by atoms with van der Waals surface area (Å²) >= 11 is 0. The SMILES string of the molecule is CC12CCC(C/C1=N\N=C(N)N)C2(C)C. The molecule has 4 heteroatoms. The second kappa shape index (κ2) is 2.97. The summed E-state index contributed by atoms with van der Waals surface area (Å²) in [6, 6.07) is 0. The van der Waals surface area contributed by atoms with Gasteiger partial charge in [-0.1, -0.05) is 20.8 Å². The smallest absolute Gasteiger partial charge is 0.211 e. The van der Waals surface area contributed by atoms with Gasteiger partial charge >= 0.3 is 0 Å². The van der Waals surface area contributed by atoms with E-state index in [1.807, 2.05) is 0 Å². The maximum absolute atomic E-state index is 5.30. The molecule has 84 valence electrons. The molecule has 0 amide bonds. The van der Waals surface area contributed by atoms with E-state index in [1.54, 1.807) is 0 Å². The largest absolute Gasteiger partial charge is 0.369 e. The van der Waals surface area contributed by atoms with Gasteiger partial charge in [-0.2, -0.15) is 5.10 Å². The van der Waals surface area contributed by atoms with Crippen molar-refractivity contribution in [2.75, 3.05) is 0 Å². The van der Waals surface area contributed by atoms with Gasteiger partial charge in [-0.3, -0.25) is 0 Å².